The number of thioether (sulfide) groups is 1. The summed E-state index contributed by atoms with van der Waals surface area (Å²) in [4.78, 5) is 7.11. The molecule has 128 valence electrons. The Kier molecular flexibility index (Phi) is 5.14. The Hall–Kier alpha value is -2.11. The van der Waals surface area contributed by atoms with Crippen LogP contribution in [0.3, 0.4) is 0 Å². The van der Waals surface area contributed by atoms with Crippen molar-refractivity contribution in [2.24, 2.45) is 0 Å². The highest BCUT2D eigenvalue weighted by molar-refractivity contribution is 7.99. The van der Waals surface area contributed by atoms with Gasteiger partial charge >= 0.3 is 0 Å². The van der Waals surface area contributed by atoms with E-state index in [2.05, 4.69) is 58.6 Å². The molecule has 3 aromatic rings. The van der Waals surface area contributed by atoms with Crippen molar-refractivity contribution in [2.75, 3.05) is 24.6 Å². The first-order valence-electron chi connectivity index (χ1n) is 8.62. The summed E-state index contributed by atoms with van der Waals surface area (Å²) >= 11 is 2.01. The summed E-state index contributed by atoms with van der Waals surface area (Å²) in [6, 6.07) is 20.8. The quantitative estimate of drug-likeness (QED) is 0.699. The van der Waals surface area contributed by atoms with Crippen LogP contribution < -0.4 is 0 Å². The molecule has 5 heteroatoms. The fraction of sp³-hybridized carbons (Fsp3) is 0.300. The molecule has 1 fully saturated rings. The van der Waals surface area contributed by atoms with E-state index in [1.54, 1.807) is 0 Å². The maximum atomic E-state index is 5.58. The Morgan fingerprint density at radius 2 is 1.52 bits per heavy atom. The standard InChI is InChI=1S/C20H21N3OS/c1-3-7-16(8-4-1)19(17-9-5-2-6-10-17)20-21-18(24-22-20)15-23-11-13-25-14-12-23/h1-10,19H,11-15H2. The minimum Gasteiger partial charge on any atom is -0.338 e. The highest BCUT2D eigenvalue weighted by Gasteiger charge is 2.23. The molecular formula is C20H21N3OS. The van der Waals surface area contributed by atoms with E-state index in [9.17, 15) is 0 Å². The van der Waals surface area contributed by atoms with Crippen LogP contribution in [-0.2, 0) is 6.54 Å². The van der Waals surface area contributed by atoms with Crippen LogP contribution in [0.5, 0.6) is 0 Å². The molecule has 0 atom stereocenters. The molecule has 1 aromatic heterocycles. The molecule has 0 bridgehead atoms. The largest absolute Gasteiger partial charge is 0.338 e. The van der Waals surface area contributed by atoms with Gasteiger partial charge in [0.25, 0.3) is 0 Å². The van der Waals surface area contributed by atoms with E-state index in [1.807, 2.05) is 23.9 Å². The minimum absolute atomic E-state index is 0.00295. The zero-order chi connectivity index (χ0) is 16.9. The third-order valence-corrected chi connectivity index (χ3v) is 5.41. The second kappa shape index (κ2) is 7.85. The van der Waals surface area contributed by atoms with Crippen molar-refractivity contribution in [2.45, 2.75) is 12.5 Å². The molecular weight excluding hydrogens is 330 g/mol. The van der Waals surface area contributed by atoms with Gasteiger partial charge in [0.1, 0.15) is 0 Å². The number of nitrogens with zero attached hydrogens (tertiary/aromatic N) is 3. The van der Waals surface area contributed by atoms with E-state index >= 15 is 0 Å². The van der Waals surface area contributed by atoms with Gasteiger partial charge in [-0.05, 0) is 11.1 Å². The zero-order valence-corrected chi connectivity index (χ0v) is 14.9. The first-order chi connectivity index (χ1) is 12.4. The average Bonchev–Trinajstić information content (AvgIpc) is 3.12. The van der Waals surface area contributed by atoms with Crippen molar-refractivity contribution in [3.63, 3.8) is 0 Å². The topological polar surface area (TPSA) is 42.2 Å². The van der Waals surface area contributed by atoms with Gasteiger partial charge in [-0.1, -0.05) is 65.8 Å². The Labute approximate surface area is 152 Å². The monoisotopic (exact) mass is 351 g/mol. The molecule has 2 heterocycles. The maximum Gasteiger partial charge on any atom is 0.240 e. The molecule has 25 heavy (non-hydrogen) atoms. The van der Waals surface area contributed by atoms with Gasteiger partial charge in [-0.15, -0.1) is 0 Å². The highest BCUT2D eigenvalue weighted by atomic mass is 32.2. The molecule has 0 spiro atoms. The summed E-state index contributed by atoms with van der Waals surface area (Å²) in [5.74, 6) is 3.80. The van der Waals surface area contributed by atoms with Crippen LogP contribution in [0.1, 0.15) is 28.8 Å². The van der Waals surface area contributed by atoms with E-state index < -0.39 is 0 Å². The summed E-state index contributed by atoms with van der Waals surface area (Å²) < 4.78 is 5.58. The summed E-state index contributed by atoms with van der Waals surface area (Å²) in [5.41, 5.74) is 2.35. The van der Waals surface area contributed by atoms with Gasteiger partial charge in [0.2, 0.25) is 5.89 Å². The van der Waals surface area contributed by atoms with Crippen molar-refractivity contribution in [3.8, 4) is 0 Å². The van der Waals surface area contributed by atoms with E-state index in [0.29, 0.717) is 5.89 Å². The van der Waals surface area contributed by atoms with Crippen LogP contribution in [0, 0.1) is 0 Å². The second-order valence-electron chi connectivity index (χ2n) is 6.19. The van der Waals surface area contributed by atoms with Crippen molar-refractivity contribution in [1.82, 2.24) is 15.0 Å². The number of rotatable bonds is 5. The van der Waals surface area contributed by atoms with Crippen molar-refractivity contribution in [3.05, 3.63) is 83.5 Å². The lowest BCUT2D eigenvalue weighted by Crippen LogP contribution is -2.32. The third kappa shape index (κ3) is 3.94. The smallest absolute Gasteiger partial charge is 0.240 e. The van der Waals surface area contributed by atoms with Crippen LogP contribution in [0.2, 0.25) is 0 Å². The number of aromatic nitrogens is 2. The fourth-order valence-corrected chi connectivity index (χ4v) is 4.16. The zero-order valence-electron chi connectivity index (χ0n) is 14.0. The van der Waals surface area contributed by atoms with Crippen LogP contribution in [-0.4, -0.2) is 39.6 Å². The molecule has 0 unspecified atom stereocenters. The average molecular weight is 351 g/mol. The third-order valence-electron chi connectivity index (χ3n) is 4.47. The summed E-state index contributed by atoms with van der Waals surface area (Å²) in [5, 5.41) is 4.32. The molecule has 1 aliphatic heterocycles. The lowest BCUT2D eigenvalue weighted by molar-refractivity contribution is 0.245. The van der Waals surface area contributed by atoms with Gasteiger partial charge in [-0.3, -0.25) is 4.90 Å². The van der Waals surface area contributed by atoms with E-state index in [1.165, 1.54) is 22.6 Å². The molecule has 0 amide bonds. The number of benzene rings is 2. The predicted octanol–water partition coefficient (Wildman–Crippen LogP) is 3.80. The van der Waals surface area contributed by atoms with Crippen molar-refractivity contribution in [1.29, 1.82) is 0 Å². The summed E-state index contributed by atoms with van der Waals surface area (Å²) in [6.45, 7) is 2.91. The van der Waals surface area contributed by atoms with Gasteiger partial charge in [0.05, 0.1) is 12.5 Å². The maximum absolute atomic E-state index is 5.58. The minimum atomic E-state index is -0.00295. The van der Waals surface area contributed by atoms with Crippen LogP contribution in [0.4, 0.5) is 0 Å². The SMILES string of the molecule is c1ccc(C(c2ccccc2)c2noc(CN3CCSCC3)n2)cc1. The Balaban J connectivity index is 1.62. The molecule has 0 radical (unpaired) electrons. The van der Waals surface area contributed by atoms with E-state index in [-0.39, 0.29) is 5.92 Å². The van der Waals surface area contributed by atoms with Crippen molar-refractivity contribution >= 4 is 11.8 Å². The fourth-order valence-electron chi connectivity index (χ4n) is 3.18. The first-order valence-corrected chi connectivity index (χ1v) is 9.78. The lowest BCUT2D eigenvalue weighted by atomic mass is 9.91. The van der Waals surface area contributed by atoms with Crippen LogP contribution in [0.25, 0.3) is 0 Å². The molecule has 0 saturated carbocycles. The highest BCUT2D eigenvalue weighted by Crippen LogP contribution is 2.30. The Morgan fingerprint density at radius 3 is 2.12 bits per heavy atom. The van der Waals surface area contributed by atoms with Crippen LogP contribution >= 0.6 is 11.8 Å². The van der Waals surface area contributed by atoms with Crippen LogP contribution in [0.15, 0.2) is 65.2 Å². The van der Waals surface area contributed by atoms with E-state index in [4.69, 9.17) is 9.51 Å². The second-order valence-corrected chi connectivity index (χ2v) is 7.41. The summed E-state index contributed by atoms with van der Waals surface area (Å²) in [7, 11) is 0. The molecule has 4 rings (SSSR count). The molecule has 4 nitrogen and oxygen atoms in total. The normalized spacial score (nSPS) is 15.6. The molecule has 0 N–H and O–H groups in total. The van der Waals surface area contributed by atoms with Gasteiger partial charge in [0.15, 0.2) is 5.82 Å². The van der Waals surface area contributed by atoms with Crippen molar-refractivity contribution < 1.29 is 4.52 Å². The molecule has 0 aliphatic carbocycles. The van der Waals surface area contributed by atoms with Gasteiger partial charge in [-0.2, -0.15) is 16.7 Å². The Morgan fingerprint density at radius 1 is 0.920 bits per heavy atom. The number of hydrogen-bond donors (Lipinski definition) is 0. The molecule has 1 saturated heterocycles. The molecule has 2 aromatic carbocycles. The van der Waals surface area contributed by atoms with Gasteiger partial charge in [0, 0.05) is 24.6 Å². The first kappa shape index (κ1) is 16.4. The lowest BCUT2D eigenvalue weighted by Gasteiger charge is -2.24. The summed E-state index contributed by atoms with van der Waals surface area (Å²) in [6.07, 6.45) is 0. The molecule has 1 aliphatic rings. The number of hydrogen-bond acceptors (Lipinski definition) is 5. The Bertz CT molecular complexity index is 745. The van der Waals surface area contributed by atoms with E-state index in [0.717, 1.165) is 25.5 Å². The van der Waals surface area contributed by atoms with Gasteiger partial charge < -0.3 is 4.52 Å². The van der Waals surface area contributed by atoms with Gasteiger partial charge in [-0.25, -0.2) is 0 Å². The predicted molar refractivity (Wildman–Crippen MR) is 101 cm³/mol.